The molecule has 3 rings (SSSR count). The molecular formula is C16H11BrClN3O3. The number of methoxy groups -OCH3 is 1. The fourth-order valence-corrected chi connectivity index (χ4v) is 2.75. The molecule has 1 N–H and O–H groups in total. The molecule has 2 heterocycles. The van der Waals surface area contributed by atoms with Crippen molar-refractivity contribution in [3.8, 4) is 0 Å². The average Bonchev–Trinajstić information content (AvgIpc) is 2.96. The Hall–Kier alpha value is -2.38. The Kier molecular flexibility index (Phi) is 4.55. The highest BCUT2D eigenvalue weighted by Gasteiger charge is 2.14. The first kappa shape index (κ1) is 16.5. The van der Waals surface area contributed by atoms with Gasteiger partial charge in [0.05, 0.1) is 33.9 Å². The van der Waals surface area contributed by atoms with Crippen LogP contribution in [0.1, 0.15) is 20.7 Å². The number of nitrogens with zero attached hydrogens (tertiary/aromatic N) is 2. The average molecular weight is 409 g/mol. The molecule has 0 radical (unpaired) electrons. The molecule has 8 heteroatoms. The maximum Gasteiger partial charge on any atom is 0.339 e. The summed E-state index contributed by atoms with van der Waals surface area (Å²) in [6, 6.07) is 7.97. The second kappa shape index (κ2) is 6.62. The number of hydrogen-bond acceptors (Lipinski definition) is 4. The fraction of sp³-hybridized carbons (Fsp3) is 0.0625. The maximum atomic E-state index is 12.4. The van der Waals surface area contributed by atoms with E-state index in [9.17, 15) is 9.59 Å². The number of hydrogen-bond donors (Lipinski definition) is 1. The quantitative estimate of drug-likeness (QED) is 0.669. The summed E-state index contributed by atoms with van der Waals surface area (Å²) in [5.41, 5.74) is 1.86. The molecule has 0 bridgehead atoms. The molecule has 1 amide bonds. The van der Waals surface area contributed by atoms with E-state index in [0.29, 0.717) is 11.3 Å². The number of carbonyl (C=O) groups excluding carboxylic acids is 2. The van der Waals surface area contributed by atoms with E-state index in [4.69, 9.17) is 11.6 Å². The van der Waals surface area contributed by atoms with Gasteiger partial charge in [0.1, 0.15) is 0 Å². The first-order valence-electron chi connectivity index (χ1n) is 6.81. The first-order valence-corrected chi connectivity index (χ1v) is 7.99. The Morgan fingerprint density at radius 2 is 2.08 bits per heavy atom. The normalized spacial score (nSPS) is 10.6. The fourth-order valence-electron chi connectivity index (χ4n) is 2.16. The van der Waals surface area contributed by atoms with Crippen LogP contribution in [-0.4, -0.2) is 28.6 Å². The van der Waals surface area contributed by atoms with Crippen molar-refractivity contribution in [2.75, 3.05) is 12.4 Å². The summed E-state index contributed by atoms with van der Waals surface area (Å²) < 4.78 is 7.10. The number of carbonyl (C=O) groups is 2. The standard InChI is InChI=1S/C16H11BrClN3O3/c1-24-16(23)11-7-10(2-3-13(11)18)20-15(22)9-4-5-21-14(6-9)12(17)8-19-21/h2-8H,1H3,(H,20,22). The molecule has 3 aromatic rings. The zero-order valence-electron chi connectivity index (χ0n) is 12.4. The second-order valence-corrected chi connectivity index (χ2v) is 6.14. The number of pyridine rings is 1. The summed E-state index contributed by atoms with van der Waals surface area (Å²) in [7, 11) is 1.27. The largest absolute Gasteiger partial charge is 0.465 e. The Bertz CT molecular complexity index is 955. The van der Waals surface area contributed by atoms with E-state index < -0.39 is 5.97 Å². The van der Waals surface area contributed by atoms with Crippen molar-refractivity contribution in [1.82, 2.24) is 9.61 Å². The van der Waals surface area contributed by atoms with Gasteiger partial charge in [-0.3, -0.25) is 4.79 Å². The first-order chi connectivity index (χ1) is 11.5. The highest BCUT2D eigenvalue weighted by atomic mass is 79.9. The lowest BCUT2D eigenvalue weighted by Crippen LogP contribution is -2.13. The van der Waals surface area contributed by atoms with Crippen LogP contribution in [0.15, 0.2) is 47.2 Å². The van der Waals surface area contributed by atoms with Gasteiger partial charge in [-0.15, -0.1) is 0 Å². The van der Waals surface area contributed by atoms with Crippen LogP contribution in [0.25, 0.3) is 5.52 Å². The number of halogens is 2. The number of nitrogens with one attached hydrogen (secondary N) is 1. The summed E-state index contributed by atoms with van der Waals surface area (Å²) in [4.78, 5) is 24.1. The van der Waals surface area contributed by atoms with Crippen LogP contribution >= 0.6 is 27.5 Å². The minimum atomic E-state index is -0.569. The lowest BCUT2D eigenvalue weighted by Gasteiger charge is -2.08. The molecule has 0 aliphatic heterocycles. The molecule has 0 aliphatic carbocycles. The molecule has 0 saturated heterocycles. The molecule has 2 aromatic heterocycles. The number of amides is 1. The van der Waals surface area contributed by atoms with Crippen molar-refractivity contribution in [3.05, 3.63) is 63.3 Å². The van der Waals surface area contributed by atoms with E-state index in [0.717, 1.165) is 9.99 Å². The molecule has 0 spiro atoms. The van der Waals surface area contributed by atoms with Crippen LogP contribution in [0, 0.1) is 0 Å². The molecule has 24 heavy (non-hydrogen) atoms. The molecule has 0 aliphatic rings. The highest BCUT2D eigenvalue weighted by Crippen LogP contribution is 2.23. The molecule has 0 fully saturated rings. The van der Waals surface area contributed by atoms with Crippen LogP contribution in [0.5, 0.6) is 0 Å². The number of aromatic nitrogens is 2. The van der Waals surface area contributed by atoms with Gasteiger partial charge in [-0.1, -0.05) is 11.6 Å². The smallest absolute Gasteiger partial charge is 0.339 e. The predicted octanol–water partition coefficient (Wildman–Crippen LogP) is 3.79. The molecule has 6 nitrogen and oxygen atoms in total. The molecular weight excluding hydrogens is 398 g/mol. The van der Waals surface area contributed by atoms with Gasteiger partial charge >= 0.3 is 5.97 Å². The Labute approximate surface area is 150 Å². The lowest BCUT2D eigenvalue weighted by atomic mass is 10.2. The van der Waals surface area contributed by atoms with Crippen LogP contribution in [0.4, 0.5) is 5.69 Å². The number of benzene rings is 1. The van der Waals surface area contributed by atoms with Gasteiger partial charge in [0.25, 0.3) is 5.91 Å². The Morgan fingerprint density at radius 1 is 1.29 bits per heavy atom. The lowest BCUT2D eigenvalue weighted by molar-refractivity contribution is 0.0600. The minimum Gasteiger partial charge on any atom is -0.465 e. The molecule has 1 aromatic carbocycles. The van der Waals surface area contributed by atoms with E-state index >= 15 is 0 Å². The number of rotatable bonds is 3. The van der Waals surface area contributed by atoms with Gasteiger partial charge in [-0.05, 0) is 46.3 Å². The van der Waals surface area contributed by atoms with Crippen molar-refractivity contribution >= 4 is 50.6 Å². The molecule has 0 atom stereocenters. The number of ether oxygens (including phenoxy) is 1. The molecule has 122 valence electrons. The van der Waals surface area contributed by atoms with E-state index in [1.807, 2.05) is 0 Å². The van der Waals surface area contributed by atoms with Gasteiger partial charge in [-0.25, -0.2) is 9.31 Å². The van der Waals surface area contributed by atoms with E-state index in [1.54, 1.807) is 35.1 Å². The third-order valence-electron chi connectivity index (χ3n) is 3.37. The number of anilines is 1. The van der Waals surface area contributed by atoms with Crippen LogP contribution in [-0.2, 0) is 4.74 Å². The predicted molar refractivity (Wildman–Crippen MR) is 93.6 cm³/mol. The summed E-state index contributed by atoms with van der Waals surface area (Å²) in [6.07, 6.45) is 3.34. The zero-order chi connectivity index (χ0) is 17.3. The van der Waals surface area contributed by atoms with Crippen molar-refractivity contribution in [2.45, 2.75) is 0 Å². The Balaban J connectivity index is 1.88. The summed E-state index contributed by atoms with van der Waals surface area (Å²) in [5, 5.41) is 7.11. The summed E-state index contributed by atoms with van der Waals surface area (Å²) >= 11 is 9.34. The van der Waals surface area contributed by atoms with E-state index in [2.05, 4.69) is 31.1 Å². The minimum absolute atomic E-state index is 0.186. The topological polar surface area (TPSA) is 72.7 Å². The zero-order valence-corrected chi connectivity index (χ0v) is 14.8. The number of esters is 1. The van der Waals surface area contributed by atoms with Gasteiger partial charge < -0.3 is 10.1 Å². The highest BCUT2D eigenvalue weighted by molar-refractivity contribution is 9.10. The van der Waals surface area contributed by atoms with Gasteiger partial charge in [0.15, 0.2) is 0 Å². The van der Waals surface area contributed by atoms with Crippen LogP contribution in [0.3, 0.4) is 0 Å². The monoisotopic (exact) mass is 407 g/mol. The van der Waals surface area contributed by atoms with Gasteiger partial charge in [0.2, 0.25) is 0 Å². The molecule has 0 saturated carbocycles. The van der Waals surface area contributed by atoms with Crippen molar-refractivity contribution in [1.29, 1.82) is 0 Å². The van der Waals surface area contributed by atoms with Crippen LogP contribution < -0.4 is 5.32 Å². The molecule has 0 unspecified atom stereocenters. The van der Waals surface area contributed by atoms with Crippen molar-refractivity contribution in [2.24, 2.45) is 0 Å². The van der Waals surface area contributed by atoms with Gasteiger partial charge in [-0.2, -0.15) is 5.10 Å². The van der Waals surface area contributed by atoms with E-state index in [-0.39, 0.29) is 16.5 Å². The third kappa shape index (κ3) is 3.13. The van der Waals surface area contributed by atoms with Gasteiger partial charge in [0, 0.05) is 17.4 Å². The maximum absolute atomic E-state index is 12.4. The second-order valence-electron chi connectivity index (χ2n) is 4.88. The van der Waals surface area contributed by atoms with Crippen molar-refractivity contribution < 1.29 is 14.3 Å². The number of fused-ring (bicyclic) bond motifs is 1. The SMILES string of the molecule is COC(=O)c1cc(NC(=O)c2ccn3ncc(Br)c3c2)ccc1Cl. The van der Waals surface area contributed by atoms with Crippen molar-refractivity contribution in [3.63, 3.8) is 0 Å². The van der Waals surface area contributed by atoms with Crippen LogP contribution in [0.2, 0.25) is 5.02 Å². The Morgan fingerprint density at radius 3 is 2.83 bits per heavy atom. The third-order valence-corrected chi connectivity index (χ3v) is 4.31. The summed E-state index contributed by atoms with van der Waals surface area (Å²) in [6.45, 7) is 0. The van der Waals surface area contributed by atoms with E-state index in [1.165, 1.54) is 19.2 Å². The summed E-state index contributed by atoms with van der Waals surface area (Å²) in [5.74, 6) is -0.885.